The number of hydrazone groups is 1. The lowest BCUT2D eigenvalue weighted by Gasteiger charge is -2.07. The van der Waals surface area contributed by atoms with E-state index in [1.54, 1.807) is 42.2 Å². The monoisotopic (exact) mass is 397 g/mol. The third-order valence-electron chi connectivity index (χ3n) is 4.16. The average Bonchev–Trinajstić information content (AvgIpc) is 2.72. The van der Waals surface area contributed by atoms with Crippen LogP contribution >= 0.6 is 11.8 Å². The van der Waals surface area contributed by atoms with Crippen LogP contribution in [-0.4, -0.2) is 24.3 Å². The Labute approximate surface area is 171 Å². The van der Waals surface area contributed by atoms with E-state index in [0.717, 1.165) is 31.2 Å². The SMILES string of the molecule is CCCCCCC(=O)Nc1cccc(C(=O)N/N=C/c2ccc(SC)cc2)c1. The minimum absolute atomic E-state index is 0.0274. The van der Waals surface area contributed by atoms with Gasteiger partial charge in [0.2, 0.25) is 5.91 Å². The van der Waals surface area contributed by atoms with E-state index in [9.17, 15) is 9.59 Å². The first-order valence-electron chi connectivity index (χ1n) is 9.49. The van der Waals surface area contributed by atoms with Crippen LogP contribution < -0.4 is 10.7 Å². The van der Waals surface area contributed by atoms with Gasteiger partial charge in [0.05, 0.1) is 6.21 Å². The van der Waals surface area contributed by atoms with Crippen LogP contribution in [0.2, 0.25) is 0 Å². The number of carbonyl (C=O) groups is 2. The average molecular weight is 398 g/mol. The lowest BCUT2D eigenvalue weighted by molar-refractivity contribution is -0.116. The number of amides is 2. The molecule has 2 rings (SSSR count). The quantitative estimate of drug-likeness (QED) is 0.254. The number of anilines is 1. The highest BCUT2D eigenvalue weighted by Gasteiger charge is 2.07. The number of hydrogen-bond donors (Lipinski definition) is 2. The molecule has 0 aliphatic carbocycles. The van der Waals surface area contributed by atoms with E-state index in [-0.39, 0.29) is 11.8 Å². The van der Waals surface area contributed by atoms with Crippen LogP contribution in [0.25, 0.3) is 0 Å². The number of carbonyl (C=O) groups excluding carboxylic acids is 2. The van der Waals surface area contributed by atoms with E-state index in [1.165, 1.54) is 4.90 Å². The molecule has 148 valence electrons. The summed E-state index contributed by atoms with van der Waals surface area (Å²) in [6, 6.07) is 14.8. The van der Waals surface area contributed by atoms with E-state index in [1.807, 2.05) is 30.5 Å². The second kappa shape index (κ2) is 12.0. The first kappa shape index (κ1) is 21.7. The van der Waals surface area contributed by atoms with Gasteiger partial charge in [0.25, 0.3) is 5.91 Å². The van der Waals surface area contributed by atoms with Gasteiger partial charge < -0.3 is 5.32 Å². The van der Waals surface area contributed by atoms with Crippen LogP contribution in [0.15, 0.2) is 58.5 Å². The number of hydrogen-bond acceptors (Lipinski definition) is 4. The van der Waals surface area contributed by atoms with Gasteiger partial charge in [0.1, 0.15) is 0 Å². The fourth-order valence-electron chi connectivity index (χ4n) is 2.59. The van der Waals surface area contributed by atoms with Crippen LogP contribution in [-0.2, 0) is 4.79 Å². The number of rotatable bonds is 10. The predicted molar refractivity (Wildman–Crippen MR) is 117 cm³/mol. The van der Waals surface area contributed by atoms with Crippen LogP contribution in [0.1, 0.15) is 54.9 Å². The van der Waals surface area contributed by atoms with Crippen molar-refractivity contribution < 1.29 is 9.59 Å². The summed E-state index contributed by atoms with van der Waals surface area (Å²) in [6.07, 6.45) is 8.35. The first-order valence-corrected chi connectivity index (χ1v) is 10.7. The highest BCUT2D eigenvalue weighted by atomic mass is 32.2. The summed E-state index contributed by atoms with van der Waals surface area (Å²) in [5.41, 5.74) is 4.48. The van der Waals surface area contributed by atoms with Crippen molar-refractivity contribution in [3.05, 3.63) is 59.7 Å². The summed E-state index contributed by atoms with van der Waals surface area (Å²) in [4.78, 5) is 25.4. The van der Waals surface area contributed by atoms with Crippen molar-refractivity contribution in [2.75, 3.05) is 11.6 Å². The lowest BCUT2D eigenvalue weighted by Crippen LogP contribution is -2.18. The summed E-state index contributed by atoms with van der Waals surface area (Å²) in [7, 11) is 0. The Kier molecular flexibility index (Phi) is 9.28. The predicted octanol–water partition coefficient (Wildman–Crippen LogP) is 5.08. The van der Waals surface area contributed by atoms with Crippen molar-refractivity contribution in [3.63, 3.8) is 0 Å². The van der Waals surface area contributed by atoms with Crippen LogP contribution in [0.4, 0.5) is 5.69 Å². The molecule has 0 fully saturated rings. The Morgan fingerprint density at radius 1 is 1.07 bits per heavy atom. The molecule has 2 aromatic rings. The van der Waals surface area contributed by atoms with Crippen molar-refractivity contribution in [3.8, 4) is 0 Å². The number of unbranched alkanes of at least 4 members (excludes halogenated alkanes) is 3. The molecule has 0 saturated heterocycles. The van der Waals surface area contributed by atoms with E-state index in [4.69, 9.17) is 0 Å². The number of nitrogens with one attached hydrogen (secondary N) is 2. The van der Waals surface area contributed by atoms with Crippen LogP contribution in [0, 0.1) is 0 Å². The standard InChI is InChI=1S/C22H27N3O2S/c1-3-4-5-6-10-21(26)24-19-9-7-8-18(15-19)22(27)25-23-16-17-11-13-20(28-2)14-12-17/h7-9,11-16H,3-6,10H2,1-2H3,(H,24,26)(H,25,27)/b23-16+. The normalized spacial score (nSPS) is 10.8. The van der Waals surface area contributed by atoms with E-state index < -0.39 is 0 Å². The molecule has 0 aliphatic rings. The van der Waals surface area contributed by atoms with E-state index >= 15 is 0 Å². The van der Waals surface area contributed by atoms with Crippen molar-refractivity contribution in [1.29, 1.82) is 0 Å². The molecule has 0 heterocycles. The zero-order valence-electron chi connectivity index (χ0n) is 16.4. The largest absolute Gasteiger partial charge is 0.326 e. The zero-order chi connectivity index (χ0) is 20.2. The molecule has 2 aromatic carbocycles. The van der Waals surface area contributed by atoms with Crippen LogP contribution in [0.5, 0.6) is 0 Å². The van der Waals surface area contributed by atoms with Gasteiger partial charge in [0.15, 0.2) is 0 Å². The van der Waals surface area contributed by atoms with Crippen molar-refractivity contribution in [2.24, 2.45) is 5.10 Å². The molecule has 28 heavy (non-hydrogen) atoms. The summed E-state index contributed by atoms with van der Waals surface area (Å²) in [5.74, 6) is -0.351. The van der Waals surface area contributed by atoms with Gasteiger partial charge in [-0.1, -0.05) is 44.4 Å². The Morgan fingerprint density at radius 3 is 2.57 bits per heavy atom. The smallest absolute Gasteiger partial charge is 0.271 e. The number of thioether (sulfide) groups is 1. The third-order valence-corrected chi connectivity index (χ3v) is 4.90. The highest BCUT2D eigenvalue weighted by Crippen LogP contribution is 2.14. The molecule has 0 unspecified atom stereocenters. The molecule has 0 radical (unpaired) electrons. The first-order chi connectivity index (χ1) is 13.6. The van der Waals surface area contributed by atoms with Gasteiger partial charge in [0, 0.05) is 22.6 Å². The molecule has 2 N–H and O–H groups in total. The molecule has 2 amide bonds. The van der Waals surface area contributed by atoms with Crippen molar-refractivity contribution in [2.45, 2.75) is 43.9 Å². The molecular weight excluding hydrogens is 370 g/mol. The molecule has 0 spiro atoms. The summed E-state index contributed by atoms with van der Waals surface area (Å²) >= 11 is 1.67. The van der Waals surface area contributed by atoms with Gasteiger partial charge in [-0.3, -0.25) is 9.59 Å². The second-order valence-electron chi connectivity index (χ2n) is 6.41. The van der Waals surface area contributed by atoms with Crippen LogP contribution in [0.3, 0.4) is 0 Å². The highest BCUT2D eigenvalue weighted by molar-refractivity contribution is 7.98. The fraction of sp³-hybridized carbons (Fsp3) is 0.318. The van der Waals surface area contributed by atoms with Gasteiger partial charge in [-0.15, -0.1) is 11.8 Å². The minimum Gasteiger partial charge on any atom is -0.326 e. The van der Waals surface area contributed by atoms with Gasteiger partial charge in [-0.2, -0.15) is 5.10 Å². The molecule has 6 heteroatoms. The Hall–Kier alpha value is -2.60. The molecule has 0 aromatic heterocycles. The Bertz CT molecular complexity index is 804. The molecule has 5 nitrogen and oxygen atoms in total. The van der Waals surface area contributed by atoms with E-state index in [0.29, 0.717) is 17.7 Å². The van der Waals surface area contributed by atoms with Crippen molar-refractivity contribution >= 4 is 35.5 Å². The molecule has 0 aliphatic heterocycles. The van der Waals surface area contributed by atoms with Gasteiger partial charge in [-0.25, -0.2) is 5.43 Å². The number of nitrogens with zero attached hydrogens (tertiary/aromatic N) is 1. The second-order valence-corrected chi connectivity index (χ2v) is 7.29. The Morgan fingerprint density at radius 2 is 1.86 bits per heavy atom. The summed E-state index contributed by atoms with van der Waals surface area (Å²) in [5, 5.41) is 6.85. The van der Waals surface area contributed by atoms with E-state index in [2.05, 4.69) is 22.8 Å². The molecule has 0 bridgehead atoms. The lowest BCUT2D eigenvalue weighted by atomic mass is 10.1. The Balaban J connectivity index is 1.86. The zero-order valence-corrected chi connectivity index (χ0v) is 17.2. The summed E-state index contributed by atoms with van der Waals surface area (Å²) < 4.78 is 0. The van der Waals surface area contributed by atoms with Gasteiger partial charge in [-0.05, 0) is 48.6 Å². The third kappa shape index (κ3) is 7.56. The van der Waals surface area contributed by atoms with Crippen molar-refractivity contribution in [1.82, 2.24) is 5.43 Å². The summed E-state index contributed by atoms with van der Waals surface area (Å²) in [6.45, 7) is 2.14. The molecular formula is C22H27N3O2S. The van der Waals surface area contributed by atoms with Gasteiger partial charge >= 0.3 is 0 Å². The molecule has 0 saturated carbocycles. The minimum atomic E-state index is -0.323. The maximum atomic E-state index is 12.3. The number of benzene rings is 2. The molecule has 0 atom stereocenters. The maximum absolute atomic E-state index is 12.3. The fourth-order valence-corrected chi connectivity index (χ4v) is 3.00. The maximum Gasteiger partial charge on any atom is 0.271 e. The topological polar surface area (TPSA) is 70.6 Å².